The van der Waals surface area contributed by atoms with Gasteiger partial charge in [-0.1, -0.05) is 24.2 Å². The van der Waals surface area contributed by atoms with E-state index in [1.807, 2.05) is 36.4 Å². The molecule has 192 valence electrons. The van der Waals surface area contributed by atoms with Gasteiger partial charge in [0.15, 0.2) is 5.13 Å². The van der Waals surface area contributed by atoms with Gasteiger partial charge in [-0.2, -0.15) is 0 Å². The zero-order chi connectivity index (χ0) is 26.1. The van der Waals surface area contributed by atoms with Gasteiger partial charge in [-0.3, -0.25) is 4.98 Å². The SMILES string of the molecule is Nc1ccc(-c2cc(Oc3ccc4nc(N[C@@H]5CCCC[C@H]5O)sc4c3)cnc2-c2ccc(N)nc2)cn1. The van der Waals surface area contributed by atoms with Crippen molar-refractivity contribution in [2.24, 2.45) is 0 Å². The van der Waals surface area contributed by atoms with Crippen molar-refractivity contribution in [2.75, 3.05) is 16.8 Å². The van der Waals surface area contributed by atoms with Gasteiger partial charge in [0.25, 0.3) is 0 Å². The molecular formula is C28H27N7O2S. The lowest BCUT2D eigenvalue weighted by molar-refractivity contribution is 0.116. The molecule has 9 nitrogen and oxygen atoms in total. The number of anilines is 3. The van der Waals surface area contributed by atoms with Gasteiger partial charge in [0.1, 0.15) is 23.1 Å². The van der Waals surface area contributed by atoms with Gasteiger partial charge in [0.05, 0.1) is 34.3 Å². The third-order valence-electron chi connectivity index (χ3n) is 6.65. The van der Waals surface area contributed by atoms with Crippen LogP contribution >= 0.6 is 11.3 Å². The fraction of sp³-hybridized carbons (Fsp3) is 0.214. The molecule has 0 unspecified atom stereocenters. The number of pyridine rings is 3. The Balaban J connectivity index is 1.29. The second-order valence-corrected chi connectivity index (χ2v) is 10.4. The molecule has 10 heteroatoms. The summed E-state index contributed by atoms with van der Waals surface area (Å²) in [5.41, 5.74) is 15.7. The Morgan fingerprint density at radius 3 is 2.34 bits per heavy atom. The Morgan fingerprint density at radius 2 is 1.61 bits per heavy atom. The van der Waals surface area contributed by atoms with E-state index in [1.165, 1.54) is 0 Å². The monoisotopic (exact) mass is 525 g/mol. The van der Waals surface area contributed by atoms with Crippen LogP contribution in [0.25, 0.3) is 32.6 Å². The van der Waals surface area contributed by atoms with Crippen LogP contribution in [0.5, 0.6) is 11.5 Å². The summed E-state index contributed by atoms with van der Waals surface area (Å²) in [4.78, 5) is 17.9. The minimum atomic E-state index is -0.334. The predicted molar refractivity (Wildman–Crippen MR) is 151 cm³/mol. The molecule has 4 heterocycles. The molecular weight excluding hydrogens is 498 g/mol. The van der Waals surface area contributed by atoms with Crippen molar-refractivity contribution in [1.29, 1.82) is 0 Å². The van der Waals surface area contributed by atoms with E-state index in [2.05, 4.69) is 15.3 Å². The molecule has 2 atom stereocenters. The second kappa shape index (κ2) is 10.2. The van der Waals surface area contributed by atoms with E-state index < -0.39 is 0 Å². The number of thiazole rings is 1. The maximum absolute atomic E-state index is 10.3. The van der Waals surface area contributed by atoms with Crippen LogP contribution in [0, 0.1) is 0 Å². The summed E-state index contributed by atoms with van der Waals surface area (Å²) in [6.45, 7) is 0. The summed E-state index contributed by atoms with van der Waals surface area (Å²) in [6.07, 6.45) is 8.74. The van der Waals surface area contributed by atoms with E-state index in [-0.39, 0.29) is 12.1 Å². The normalized spacial score (nSPS) is 17.4. The number of rotatable bonds is 6. The first-order valence-corrected chi connectivity index (χ1v) is 13.3. The number of nitrogens with zero attached hydrogens (tertiary/aromatic N) is 4. The Morgan fingerprint density at radius 1 is 0.842 bits per heavy atom. The van der Waals surface area contributed by atoms with E-state index in [0.29, 0.717) is 23.1 Å². The number of benzene rings is 1. The Kier molecular flexibility index (Phi) is 6.48. The molecule has 6 rings (SSSR count). The van der Waals surface area contributed by atoms with Crippen molar-refractivity contribution in [1.82, 2.24) is 19.9 Å². The predicted octanol–water partition coefficient (Wildman–Crippen LogP) is 5.49. The molecule has 0 aliphatic heterocycles. The van der Waals surface area contributed by atoms with Crippen LogP contribution in [0.4, 0.5) is 16.8 Å². The van der Waals surface area contributed by atoms with Gasteiger partial charge in [0.2, 0.25) is 0 Å². The topological polar surface area (TPSA) is 145 Å². The number of aliphatic hydroxyl groups excluding tert-OH is 1. The highest BCUT2D eigenvalue weighted by molar-refractivity contribution is 7.22. The maximum Gasteiger partial charge on any atom is 0.184 e. The van der Waals surface area contributed by atoms with Gasteiger partial charge in [0, 0.05) is 35.2 Å². The first-order chi connectivity index (χ1) is 18.5. The van der Waals surface area contributed by atoms with Crippen molar-refractivity contribution < 1.29 is 9.84 Å². The van der Waals surface area contributed by atoms with E-state index in [9.17, 15) is 5.11 Å². The van der Waals surface area contributed by atoms with Gasteiger partial charge in [-0.05, 0) is 55.3 Å². The largest absolute Gasteiger partial charge is 0.456 e. The first-order valence-electron chi connectivity index (χ1n) is 12.5. The summed E-state index contributed by atoms with van der Waals surface area (Å²) >= 11 is 1.55. The average Bonchev–Trinajstić information content (AvgIpc) is 3.33. The van der Waals surface area contributed by atoms with Gasteiger partial charge >= 0.3 is 0 Å². The van der Waals surface area contributed by atoms with Crippen molar-refractivity contribution in [3.63, 3.8) is 0 Å². The van der Waals surface area contributed by atoms with Crippen LogP contribution in [0.1, 0.15) is 25.7 Å². The lowest BCUT2D eigenvalue weighted by Crippen LogP contribution is -2.36. The zero-order valence-electron chi connectivity index (χ0n) is 20.5. The van der Waals surface area contributed by atoms with Crippen LogP contribution in [0.3, 0.4) is 0 Å². The van der Waals surface area contributed by atoms with E-state index in [4.69, 9.17) is 26.2 Å². The van der Waals surface area contributed by atoms with Gasteiger partial charge in [-0.25, -0.2) is 15.0 Å². The molecule has 0 radical (unpaired) electrons. The molecule has 1 saturated carbocycles. The molecule has 1 aliphatic carbocycles. The van der Waals surface area contributed by atoms with E-state index in [1.54, 1.807) is 42.1 Å². The summed E-state index contributed by atoms with van der Waals surface area (Å²) in [6, 6.07) is 15.1. The average molecular weight is 526 g/mol. The molecule has 1 aliphatic rings. The van der Waals surface area contributed by atoms with Gasteiger partial charge in [-0.15, -0.1) is 0 Å². The smallest absolute Gasteiger partial charge is 0.184 e. The number of nitrogen functional groups attached to an aromatic ring is 2. The Hall–Kier alpha value is -4.28. The third kappa shape index (κ3) is 5.09. The van der Waals surface area contributed by atoms with E-state index in [0.717, 1.165) is 63.4 Å². The molecule has 1 fully saturated rings. The van der Waals surface area contributed by atoms with Crippen LogP contribution in [-0.2, 0) is 0 Å². The maximum atomic E-state index is 10.3. The molecule has 1 aromatic carbocycles. The van der Waals surface area contributed by atoms with Crippen LogP contribution in [0.2, 0.25) is 0 Å². The van der Waals surface area contributed by atoms with Gasteiger partial charge < -0.3 is 26.6 Å². The molecule has 0 amide bonds. The standard InChI is InChI=1S/C28H27N7O2S/c29-25-9-5-16(13-31-25)20-11-19(15-33-27(20)17-6-10-26(30)32-14-17)37-18-7-8-22-24(12-18)38-28(35-22)34-21-3-1-2-4-23(21)36/h5-15,21,23,36H,1-4H2,(H2,29,31)(H2,30,32)(H,34,35)/t21-,23-/m1/s1. The number of hydrogen-bond acceptors (Lipinski definition) is 10. The number of nitrogens with one attached hydrogen (secondary N) is 1. The molecule has 4 aromatic heterocycles. The highest BCUT2D eigenvalue weighted by Gasteiger charge is 2.23. The minimum Gasteiger partial charge on any atom is -0.456 e. The number of hydrogen-bond donors (Lipinski definition) is 4. The minimum absolute atomic E-state index is 0.0436. The van der Waals surface area contributed by atoms with Crippen LogP contribution in [-0.4, -0.2) is 37.2 Å². The van der Waals surface area contributed by atoms with Crippen molar-refractivity contribution in [3.8, 4) is 33.9 Å². The van der Waals surface area contributed by atoms with Crippen LogP contribution < -0.4 is 21.5 Å². The fourth-order valence-corrected chi connectivity index (χ4v) is 5.62. The molecule has 0 spiro atoms. The second-order valence-electron chi connectivity index (χ2n) is 9.36. The summed E-state index contributed by atoms with van der Waals surface area (Å²) in [5, 5.41) is 14.5. The summed E-state index contributed by atoms with van der Waals surface area (Å²) in [5.74, 6) is 2.14. The van der Waals surface area contributed by atoms with Crippen molar-refractivity contribution in [2.45, 2.75) is 37.8 Å². The highest BCUT2D eigenvalue weighted by atomic mass is 32.1. The number of nitrogens with two attached hydrogens (primary N) is 2. The summed E-state index contributed by atoms with van der Waals surface area (Å²) < 4.78 is 7.23. The first kappa shape index (κ1) is 24.1. The van der Waals surface area contributed by atoms with Crippen molar-refractivity contribution >= 4 is 38.3 Å². The van der Waals surface area contributed by atoms with Crippen molar-refractivity contribution in [3.05, 3.63) is 67.1 Å². The molecule has 38 heavy (non-hydrogen) atoms. The van der Waals surface area contributed by atoms with Crippen LogP contribution in [0.15, 0.2) is 67.1 Å². The lowest BCUT2D eigenvalue weighted by atomic mass is 9.93. The molecule has 5 aromatic rings. The lowest BCUT2D eigenvalue weighted by Gasteiger charge is -2.27. The molecule has 0 bridgehead atoms. The van der Waals surface area contributed by atoms with E-state index >= 15 is 0 Å². The zero-order valence-corrected chi connectivity index (χ0v) is 21.4. The highest BCUT2D eigenvalue weighted by Crippen LogP contribution is 2.36. The Labute approximate surface area is 223 Å². The number of ether oxygens (including phenoxy) is 1. The Bertz CT molecular complexity index is 1570. The summed E-state index contributed by atoms with van der Waals surface area (Å²) in [7, 11) is 0. The number of aliphatic hydroxyl groups is 1. The molecule has 6 N–H and O–H groups in total. The third-order valence-corrected chi connectivity index (χ3v) is 7.60. The number of fused-ring (bicyclic) bond motifs is 1. The quantitative estimate of drug-likeness (QED) is 0.226. The fourth-order valence-electron chi connectivity index (χ4n) is 4.67. The molecule has 0 saturated heterocycles. The number of aromatic nitrogens is 4.